The van der Waals surface area contributed by atoms with Crippen LogP contribution in [0.25, 0.3) is 0 Å². The van der Waals surface area contributed by atoms with Gasteiger partial charge in [-0.15, -0.1) is 0 Å². The van der Waals surface area contributed by atoms with E-state index in [-0.39, 0.29) is 12.1 Å². The summed E-state index contributed by atoms with van der Waals surface area (Å²) in [6, 6.07) is 5.86. The van der Waals surface area contributed by atoms with Gasteiger partial charge in [0.2, 0.25) is 0 Å². The fourth-order valence-corrected chi connectivity index (χ4v) is 2.64. The molecule has 0 aliphatic heterocycles. The van der Waals surface area contributed by atoms with Crippen molar-refractivity contribution in [1.29, 1.82) is 0 Å². The fourth-order valence-electron chi connectivity index (χ4n) is 1.92. The molecule has 0 aromatic heterocycles. The Bertz CT molecular complexity index is 358. The Morgan fingerprint density at radius 1 is 1.40 bits per heavy atom. The van der Waals surface area contributed by atoms with Gasteiger partial charge in [0.1, 0.15) is 0 Å². The molecule has 2 nitrogen and oxygen atoms in total. The molecule has 1 fully saturated rings. The molecule has 15 heavy (non-hydrogen) atoms. The van der Waals surface area contributed by atoms with Gasteiger partial charge >= 0.3 is 0 Å². The van der Waals surface area contributed by atoms with Crippen molar-refractivity contribution in [3.63, 3.8) is 0 Å². The van der Waals surface area contributed by atoms with E-state index in [9.17, 15) is 5.11 Å². The first kappa shape index (κ1) is 11.2. The van der Waals surface area contributed by atoms with Gasteiger partial charge in [0.05, 0.1) is 22.9 Å². The molecule has 0 saturated heterocycles. The predicted octanol–water partition coefficient (Wildman–Crippen LogP) is 3.43. The number of aliphatic hydroxyl groups excluding tert-OH is 1. The standard InChI is InChI=1S/C11H13BrClNO/c12-7-4-5-9(8(13)6-7)14-10-2-1-3-11(10)15/h4-6,10-11,14-15H,1-3H2/t10-,11-/m0/s1. The fraction of sp³-hybridized carbons (Fsp3) is 0.455. The van der Waals surface area contributed by atoms with Crippen LogP contribution in [0.5, 0.6) is 0 Å². The zero-order valence-corrected chi connectivity index (χ0v) is 10.6. The van der Waals surface area contributed by atoms with E-state index in [4.69, 9.17) is 11.6 Å². The summed E-state index contributed by atoms with van der Waals surface area (Å²) in [5.74, 6) is 0. The molecule has 1 aliphatic carbocycles. The van der Waals surface area contributed by atoms with Crippen molar-refractivity contribution in [2.45, 2.75) is 31.4 Å². The summed E-state index contributed by atoms with van der Waals surface area (Å²) in [6.45, 7) is 0. The van der Waals surface area contributed by atoms with Crippen molar-refractivity contribution >= 4 is 33.2 Å². The lowest BCUT2D eigenvalue weighted by molar-refractivity contribution is 0.172. The number of anilines is 1. The van der Waals surface area contributed by atoms with Crippen LogP contribution in [0.4, 0.5) is 5.69 Å². The van der Waals surface area contributed by atoms with Crippen LogP contribution in [0.3, 0.4) is 0 Å². The third kappa shape index (κ3) is 2.65. The monoisotopic (exact) mass is 289 g/mol. The van der Waals surface area contributed by atoms with Gasteiger partial charge in [0.25, 0.3) is 0 Å². The summed E-state index contributed by atoms with van der Waals surface area (Å²) in [7, 11) is 0. The highest BCUT2D eigenvalue weighted by molar-refractivity contribution is 9.10. The van der Waals surface area contributed by atoms with Crippen molar-refractivity contribution < 1.29 is 5.11 Å². The third-order valence-corrected chi connectivity index (χ3v) is 3.56. The molecule has 0 unspecified atom stereocenters. The summed E-state index contributed by atoms with van der Waals surface area (Å²) in [6.07, 6.45) is 2.72. The van der Waals surface area contributed by atoms with Crippen LogP contribution in [0, 0.1) is 0 Å². The van der Waals surface area contributed by atoms with Gasteiger partial charge in [-0.05, 0) is 37.5 Å². The average Bonchev–Trinajstić information content (AvgIpc) is 2.57. The number of hydrogen-bond donors (Lipinski definition) is 2. The van der Waals surface area contributed by atoms with Crippen molar-refractivity contribution in [3.8, 4) is 0 Å². The van der Waals surface area contributed by atoms with Crippen molar-refractivity contribution in [2.75, 3.05) is 5.32 Å². The van der Waals surface area contributed by atoms with Crippen LogP contribution < -0.4 is 5.32 Å². The van der Waals surface area contributed by atoms with E-state index in [1.165, 1.54) is 0 Å². The Balaban J connectivity index is 2.10. The number of benzene rings is 1. The molecule has 4 heteroatoms. The molecule has 1 aromatic carbocycles. The molecule has 2 rings (SSSR count). The molecule has 1 saturated carbocycles. The van der Waals surface area contributed by atoms with Crippen molar-refractivity contribution in [2.24, 2.45) is 0 Å². The Morgan fingerprint density at radius 2 is 2.20 bits per heavy atom. The van der Waals surface area contributed by atoms with E-state index in [2.05, 4.69) is 21.2 Å². The number of nitrogens with one attached hydrogen (secondary N) is 1. The maximum absolute atomic E-state index is 9.68. The Hall–Kier alpha value is -0.250. The van der Waals surface area contributed by atoms with Crippen LogP contribution in [-0.2, 0) is 0 Å². The first-order chi connectivity index (χ1) is 7.16. The minimum absolute atomic E-state index is 0.142. The van der Waals surface area contributed by atoms with Gasteiger partial charge in [-0.2, -0.15) is 0 Å². The minimum Gasteiger partial charge on any atom is -0.391 e. The second-order valence-electron chi connectivity index (χ2n) is 3.87. The molecule has 0 spiro atoms. The lowest BCUT2D eigenvalue weighted by Crippen LogP contribution is -2.27. The number of halogens is 2. The number of hydrogen-bond acceptors (Lipinski definition) is 2. The highest BCUT2D eigenvalue weighted by Crippen LogP contribution is 2.29. The highest BCUT2D eigenvalue weighted by atomic mass is 79.9. The van der Waals surface area contributed by atoms with E-state index >= 15 is 0 Å². The molecule has 1 aromatic rings. The molecule has 2 N–H and O–H groups in total. The van der Waals surface area contributed by atoms with Crippen LogP contribution in [-0.4, -0.2) is 17.3 Å². The summed E-state index contributed by atoms with van der Waals surface area (Å²) in [5.41, 5.74) is 0.894. The molecule has 0 bridgehead atoms. The van der Waals surface area contributed by atoms with Crippen LogP contribution in [0.15, 0.2) is 22.7 Å². The molecule has 1 aliphatic rings. The van der Waals surface area contributed by atoms with Gasteiger partial charge in [0, 0.05) is 4.47 Å². The average molecular weight is 291 g/mol. The quantitative estimate of drug-likeness (QED) is 0.874. The van der Waals surface area contributed by atoms with Crippen LogP contribution in [0.2, 0.25) is 5.02 Å². The topological polar surface area (TPSA) is 32.3 Å². The lowest BCUT2D eigenvalue weighted by atomic mass is 10.2. The SMILES string of the molecule is O[C@H]1CCC[C@@H]1Nc1ccc(Br)cc1Cl. The first-order valence-electron chi connectivity index (χ1n) is 5.06. The van der Waals surface area contributed by atoms with Gasteiger partial charge in [-0.1, -0.05) is 27.5 Å². The van der Waals surface area contributed by atoms with E-state index in [0.717, 1.165) is 29.4 Å². The zero-order chi connectivity index (χ0) is 10.8. The Morgan fingerprint density at radius 3 is 2.80 bits per heavy atom. The van der Waals surface area contributed by atoms with Crippen LogP contribution in [0.1, 0.15) is 19.3 Å². The largest absolute Gasteiger partial charge is 0.391 e. The zero-order valence-electron chi connectivity index (χ0n) is 8.21. The second kappa shape index (κ2) is 4.73. The van der Waals surface area contributed by atoms with E-state index in [0.29, 0.717) is 5.02 Å². The molecule has 82 valence electrons. The molecule has 2 atom stereocenters. The number of aliphatic hydroxyl groups is 1. The van der Waals surface area contributed by atoms with Gasteiger partial charge < -0.3 is 10.4 Å². The third-order valence-electron chi connectivity index (χ3n) is 2.75. The van der Waals surface area contributed by atoms with E-state index in [1.807, 2.05) is 18.2 Å². The molecule has 0 amide bonds. The maximum atomic E-state index is 9.68. The molecular weight excluding hydrogens is 277 g/mol. The number of rotatable bonds is 2. The van der Waals surface area contributed by atoms with Crippen molar-refractivity contribution in [3.05, 3.63) is 27.7 Å². The smallest absolute Gasteiger partial charge is 0.0741 e. The van der Waals surface area contributed by atoms with Gasteiger partial charge in [-0.25, -0.2) is 0 Å². The minimum atomic E-state index is -0.246. The summed E-state index contributed by atoms with van der Waals surface area (Å²) in [5, 5.41) is 13.6. The molecule has 0 heterocycles. The van der Waals surface area contributed by atoms with Crippen LogP contribution >= 0.6 is 27.5 Å². The maximum Gasteiger partial charge on any atom is 0.0741 e. The van der Waals surface area contributed by atoms with E-state index in [1.54, 1.807) is 0 Å². The van der Waals surface area contributed by atoms with E-state index < -0.39 is 0 Å². The first-order valence-corrected chi connectivity index (χ1v) is 6.23. The molecular formula is C11H13BrClNO. The predicted molar refractivity (Wildman–Crippen MR) is 66.4 cm³/mol. The lowest BCUT2D eigenvalue weighted by Gasteiger charge is -2.18. The Labute approximate surface area is 103 Å². The summed E-state index contributed by atoms with van der Waals surface area (Å²) >= 11 is 9.44. The highest BCUT2D eigenvalue weighted by Gasteiger charge is 2.25. The summed E-state index contributed by atoms with van der Waals surface area (Å²) < 4.78 is 0.963. The van der Waals surface area contributed by atoms with Gasteiger partial charge in [0.15, 0.2) is 0 Å². The Kier molecular flexibility index (Phi) is 3.54. The van der Waals surface area contributed by atoms with Gasteiger partial charge in [-0.3, -0.25) is 0 Å². The second-order valence-corrected chi connectivity index (χ2v) is 5.20. The molecule has 0 radical (unpaired) electrons. The summed E-state index contributed by atoms with van der Waals surface area (Å²) in [4.78, 5) is 0. The normalized spacial score (nSPS) is 25.5. The van der Waals surface area contributed by atoms with Crippen molar-refractivity contribution in [1.82, 2.24) is 0 Å².